The summed E-state index contributed by atoms with van der Waals surface area (Å²) in [5.74, 6) is 1.71. The van der Waals surface area contributed by atoms with E-state index < -0.39 is 0 Å². The number of rotatable bonds is 6. The predicted octanol–water partition coefficient (Wildman–Crippen LogP) is 2.82. The molecule has 0 aliphatic carbocycles. The van der Waals surface area contributed by atoms with Crippen molar-refractivity contribution in [2.45, 2.75) is 33.1 Å². The maximum Gasteiger partial charge on any atom is 0.142 e. The molecule has 1 aromatic rings. The van der Waals surface area contributed by atoms with Crippen LogP contribution in [0.3, 0.4) is 0 Å². The summed E-state index contributed by atoms with van der Waals surface area (Å²) in [5.41, 5.74) is 8.22. The first-order chi connectivity index (χ1) is 9.20. The summed E-state index contributed by atoms with van der Waals surface area (Å²) in [6.45, 7) is 8.21. The van der Waals surface area contributed by atoms with E-state index in [9.17, 15) is 0 Å². The van der Waals surface area contributed by atoms with Crippen LogP contribution in [-0.4, -0.2) is 26.2 Å². The van der Waals surface area contributed by atoms with Crippen molar-refractivity contribution in [3.8, 4) is 5.75 Å². The number of hydrogen-bond donors (Lipinski definition) is 1. The van der Waals surface area contributed by atoms with Crippen LogP contribution in [0.5, 0.6) is 5.75 Å². The minimum atomic E-state index is 0.673. The highest BCUT2D eigenvalue weighted by atomic mass is 16.5. The molecule has 0 aromatic heterocycles. The standard InChI is InChI=1S/C16H26N2O/c1-13(2)12-18-9-10-19-16-7-6-14(11-15(16)18)5-3-4-8-17/h6-7,11,13H,3-5,8-10,12,17H2,1-2H3. The summed E-state index contributed by atoms with van der Waals surface area (Å²) in [6, 6.07) is 6.61. The molecule has 2 N–H and O–H groups in total. The predicted molar refractivity (Wildman–Crippen MR) is 81.0 cm³/mol. The highest BCUT2D eigenvalue weighted by Gasteiger charge is 2.18. The molecule has 1 aliphatic rings. The number of nitrogens with two attached hydrogens (primary N) is 1. The van der Waals surface area contributed by atoms with Crippen LogP contribution in [0.25, 0.3) is 0 Å². The van der Waals surface area contributed by atoms with Gasteiger partial charge in [0.25, 0.3) is 0 Å². The Kier molecular flexibility index (Phi) is 5.08. The van der Waals surface area contributed by atoms with Gasteiger partial charge in [0.2, 0.25) is 0 Å². The minimum Gasteiger partial charge on any atom is -0.490 e. The molecule has 3 heteroatoms. The number of nitrogens with zero attached hydrogens (tertiary/aromatic N) is 1. The highest BCUT2D eigenvalue weighted by Crippen LogP contribution is 2.33. The third-order valence-corrected chi connectivity index (χ3v) is 3.49. The summed E-state index contributed by atoms with van der Waals surface area (Å²) in [5, 5.41) is 0. The van der Waals surface area contributed by atoms with Crippen molar-refractivity contribution in [3.63, 3.8) is 0 Å². The number of unbranched alkanes of at least 4 members (excludes halogenated alkanes) is 1. The van der Waals surface area contributed by atoms with Gasteiger partial charge in [0.15, 0.2) is 0 Å². The second kappa shape index (κ2) is 6.80. The molecular formula is C16H26N2O. The van der Waals surface area contributed by atoms with E-state index >= 15 is 0 Å². The fraction of sp³-hybridized carbons (Fsp3) is 0.625. The van der Waals surface area contributed by atoms with Gasteiger partial charge in [0, 0.05) is 6.54 Å². The van der Waals surface area contributed by atoms with Crippen molar-refractivity contribution in [1.29, 1.82) is 0 Å². The van der Waals surface area contributed by atoms with E-state index in [-0.39, 0.29) is 0 Å². The fourth-order valence-corrected chi connectivity index (χ4v) is 2.58. The number of ether oxygens (including phenoxy) is 1. The molecular weight excluding hydrogens is 236 g/mol. The Labute approximate surface area is 116 Å². The zero-order valence-corrected chi connectivity index (χ0v) is 12.2. The van der Waals surface area contributed by atoms with Crippen molar-refractivity contribution in [1.82, 2.24) is 0 Å². The molecule has 0 fully saturated rings. The second-order valence-electron chi connectivity index (χ2n) is 5.74. The average molecular weight is 262 g/mol. The van der Waals surface area contributed by atoms with Gasteiger partial charge in [-0.15, -0.1) is 0 Å². The SMILES string of the molecule is CC(C)CN1CCOc2ccc(CCCCN)cc21. The molecule has 106 valence electrons. The quantitative estimate of drug-likeness (QED) is 0.801. The first-order valence-electron chi connectivity index (χ1n) is 7.41. The lowest BCUT2D eigenvalue weighted by atomic mass is 10.1. The Morgan fingerprint density at radius 1 is 1.32 bits per heavy atom. The van der Waals surface area contributed by atoms with Crippen LogP contribution in [0.2, 0.25) is 0 Å². The Balaban J connectivity index is 2.10. The summed E-state index contributed by atoms with van der Waals surface area (Å²) < 4.78 is 5.75. The molecule has 0 unspecified atom stereocenters. The molecule has 1 heterocycles. The molecule has 19 heavy (non-hydrogen) atoms. The molecule has 2 rings (SSSR count). The van der Waals surface area contributed by atoms with Gasteiger partial charge in [-0.3, -0.25) is 0 Å². The topological polar surface area (TPSA) is 38.5 Å². The lowest BCUT2D eigenvalue weighted by Gasteiger charge is -2.33. The molecule has 0 saturated carbocycles. The number of anilines is 1. The maximum absolute atomic E-state index is 5.75. The van der Waals surface area contributed by atoms with Gasteiger partial charge in [0.05, 0.1) is 12.2 Å². The van der Waals surface area contributed by atoms with Gasteiger partial charge in [-0.2, -0.15) is 0 Å². The van der Waals surface area contributed by atoms with E-state index in [1.54, 1.807) is 0 Å². The highest BCUT2D eigenvalue weighted by molar-refractivity contribution is 5.61. The third kappa shape index (κ3) is 3.87. The number of aryl methyl sites for hydroxylation is 1. The van der Waals surface area contributed by atoms with E-state index in [0.717, 1.165) is 44.8 Å². The van der Waals surface area contributed by atoms with Crippen LogP contribution in [0, 0.1) is 5.92 Å². The minimum absolute atomic E-state index is 0.673. The van der Waals surface area contributed by atoms with E-state index in [1.165, 1.54) is 17.7 Å². The first kappa shape index (κ1) is 14.2. The van der Waals surface area contributed by atoms with Gasteiger partial charge in [-0.05, 0) is 49.4 Å². The zero-order valence-electron chi connectivity index (χ0n) is 12.2. The molecule has 0 saturated heterocycles. The lowest BCUT2D eigenvalue weighted by Crippen LogP contribution is -2.35. The smallest absolute Gasteiger partial charge is 0.142 e. The second-order valence-corrected chi connectivity index (χ2v) is 5.74. The molecule has 3 nitrogen and oxygen atoms in total. The Hall–Kier alpha value is -1.22. The Morgan fingerprint density at radius 3 is 2.89 bits per heavy atom. The monoisotopic (exact) mass is 262 g/mol. The zero-order chi connectivity index (χ0) is 13.7. The van der Waals surface area contributed by atoms with Gasteiger partial charge in [-0.1, -0.05) is 19.9 Å². The molecule has 1 aromatic carbocycles. The van der Waals surface area contributed by atoms with Crippen LogP contribution < -0.4 is 15.4 Å². The maximum atomic E-state index is 5.75. The van der Waals surface area contributed by atoms with Crippen molar-refractivity contribution in [3.05, 3.63) is 23.8 Å². The van der Waals surface area contributed by atoms with Crippen LogP contribution in [0.4, 0.5) is 5.69 Å². The Morgan fingerprint density at radius 2 is 2.16 bits per heavy atom. The van der Waals surface area contributed by atoms with Crippen molar-refractivity contribution in [2.24, 2.45) is 11.7 Å². The van der Waals surface area contributed by atoms with Gasteiger partial charge in [-0.25, -0.2) is 0 Å². The molecule has 0 spiro atoms. The molecule has 0 atom stereocenters. The first-order valence-corrected chi connectivity index (χ1v) is 7.41. The summed E-state index contributed by atoms with van der Waals surface area (Å²) in [4.78, 5) is 2.45. The number of benzene rings is 1. The summed E-state index contributed by atoms with van der Waals surface area (Å²) in [7, 11) is 0. The van der Waals surface area contributed by atoms with E-state index in [1.807, 2.05) is 0 Å². The Bertz CT molecular complexity index is 404. The number of fused-ring (bicyclic) bond motifs is 1. The van der Waals surface area contributed by atoms with Crippen molar-refractivity contribution in [2.75, 3.05) is 31.1 Å². The fourth-order valence-electron chi connectivity index (χ4n) is 2.58. The van der Waals surface area contributed by atoms with Crippen molar-refractivity contribution < 1.29 is 4.74 Å². The normalized spacial score (nSPS) is 14.4. The van der Waals surface area contributed by atoms with Crippen LogP contribution in [-0.2, 0) is 6.42 Å². The van der Waals surface area contributed by atoms with Gasteiger partial charge in [0.1, 0.15) is 12.4 Å². The molecule has 0 bridgehead atoms. The average Bonchev–Trinajstić information content (AvgIpc) is 2.39. The summed E-state index contributed by atoms with van der Waals surface area (Å²) in [6.07, 6.45) is 3.38. The number of hydrogen-bond acceptors (Lipinski definition) is 3. The van der Waals surface area contributed by atoms with E-state index in [0.29, 0.717) is 5.92 Å². The molecule has 1 aliphatic heterocycles. The largest absolute Gasteiger partial charge is 0.490 e. The van der Waals surface area contributed by atoms with Crippen LogP contribution in [0.15, 0.2) is 18.2 Å². The molecule has 0 amide bonds. The van der Waals surface area contributed by atoms with E-state index in [4.69, 9.17) is 10.5 Å². The van der Waals surface area contributed by atoms with Crippen LogP contribution >= 0.6 is 0 Å². The van der Waals surface area contributed by atoms with Gasteiger partial charge >= 0.3 is 0 Å². The van der Waals surface area contributed by atoms with E-state index in [2.05, 4.69) is 36.9 Å². The van der Waals surface area contributed by atoms with Gasteiger partial charge < -0.3 is 15.4 Å². The third-order valence-electron chi connectivity index (χ3n) is 3.49. The summed E-state index contributed by atoms with van der Waals surface area (Å²) >= 11 is 0. The molecule has 0 radical (unpaired) electrons. The van der Waals surface area contributed by atoms with Crippen LogP contribution in [0.1, 0.15) is 32.3 Å². The van der Waals surface area contributed by atoms with Crippen molar-refractivity contribution >= 4 is 5.69 Å². The lowest BCUT2D eigenvalue weighted by molar-refractivity contribution is 0.304.